The Labute approximate surface area is 153 Å². The fraction of sp³-hybridized carbons (Fsp3) is 0.227. The highest BCUT2D eigenvalue weighted by molar-refractivity contribution is 5.81. The van der Waals surface area contributed by atoms with Gasteiger partial charge in [0.25, 0.3) is 5.92 Å². The predicted molar refractivity (Wildman–Crippen MR) is 103 cm³/mol. The maximum atomic E-state index is 13.6. The van der Waals surface area contributed by atoms with Gasteiger partial charge < -0.3 is 5.32 Å². The number of benzene rings is 2. The summed E-state index contributed by atoms with van der Waals surface area (Å²) in [6, 6.07) is 13.0. The Balaban J connectivity index is 2.62. The monoisotopic (exact) mass is 352 g/mol. The van der Waals surface area contributed by atoms with Crippen molar-refractivity contribution in [3.05, 3.63) is 77.0 Å². The van der Waals surface area contributed by atoms with E-state index in [0.29, 0.717) is 16.8 Å². The van der Waals surface area contributed by atoms with Gasteiger partial charge in [0, 0.05) is 25.1 Å². The third-order valence-electron chi connectivity index (χ3n) is 4.26. The van der Waals surface area contributed by atoms with Gasteiger partial charge in [-0.25, -0.2) is 8.78 Å². The third kappa shape index (κ3) is 4.00. The summed E-state index contributed by atoms with van der Waals surface area (Å²) in [5.74, 6) is -2.87. The van der Waals surface area contributed by atoms with E-state index in [1.165, 1.54) is 6.07 Å². The minimum absolute atomic E-state index is 0.0303. The summed E-state index contributed by atoms with van der Waals surface area (Å²) in [5, 5.41) is 12.2. The lowest BCUT2D eigenvalue weighted by molar-refractivity contribution is 0.0168. The molecule has 4 heteroatoms. The van der Waals surface area contributed by atoms with Gasteiger partial charge in [-0.15, -0.1) is 0 Å². The zero-order valence-corrected chi connectivity index (χ0v) is 15.5. The van der Waals surface area contributed by atoms with Gasteiger partial charge in [0.2, 0.25) is 0 Å². The Morgan fingerprint density at radius 3 is 2.35 bits per heavy atom. The van der Waals surface area contributed by atoms with Gasteiger partial charge in [-0.05, 0) is 47.7 Å². The summed E-state index contributed by atoms with van der Waals surface area (Å²) < 4.78 is 27.3. The quantitative estimate of drug-likeness (QED) is 0.551. The third-order valence-corrected chi connectivity index (χ3v) is 4.26. The van der Waals surface area contributed by atoms with Crippen molar-refractivity contribution < 1.29 is 8.78 Å². The highest BCUT2D eigenvalue weighted by Gasteiger charge is 2.26. The molecule has 0 saturated heterocycles. The molecule has 0 heterocycles. The highest BCUT2D eigenvalue weighted by atomic mass is 19.3. The molecule has 0 aromatic heterocycles. The van der Waals surface area contributed by atoms with Gasteiger partial charge in [0.1, 0.15) is 11.8 Å². The average Bonchev–Trinajstić information content (AvgIpc) is 2.57. The van der Waals surface area contributed by atoms with Crippen molar-refractivity contribution in [3.8, 4) is 17.2 Å². The van der Waals surface area contributed by atoms with E-state index >= 15 is 0 Å². The summed E-state index contributed by atoms with van der Waals surface area (Å²) in [5.41, 5.74) is 5.32. The van der Waals surface area contributed by atoms with Crippen LogP contribution in [-0.2, 0) is 5.92 Å². The number of rotatable bonds is 5. The van der Waals surface area contributed by atoms with Crippen molar-refractivity contribution in [1.82, 2.24) is 5.32 Å². The molecular weight excluding hydrogens is 330 g/mol. The summed E-state index contributed by atoms with van der Waals surface area (Å²) >= 11 is 0. The maximum absolute atomic E-state index is 13.6. The number of alkyl halides is 2. The van der Waals surface area contributed by atoms with E-state index in [0.717, 1.165) is 29.2 Å². The Morgan fingerprint density at radius 1 is 1.15 bits per heavy atom. The molecule has 134 valence electrons. The lowest BCUT2D eigenvalue weighted by Crippen LogP contribution is -2.09. The Morgan fingerprint density at radius 2 is 1.85 bits per heavy atom. The molecule has 0 aliphatic heterocycles. The molecule has 0 aliphatic carbocycles. The minimum Gasteiger partial charge on any atom is -0.379 e. The Bertz CT molecular complexity index is 913. The normalized spacial score (nSPS) is 12.2. The first-order valence-corrected chi connectivity index (χ1v) is 8.27. The number of hydrogen-bond acceptors (Lipinski definition) is 2. The molecule has 0 unspecified atom stereocenters. The zero-order valence-electron chi connectivity index (χ0n) is 15.5. The molecule has 2 nitrogen and oxygen atoms in total. The van der Waals surface area contributed by atoms with E-state index in [2.05, 4.69) is 18.0 Å². The second-order valence-electron chi connectivity index (χ2n) is 6.36. The second kappa shape index (κ2) is 7.53. The predicted octanol–water partition coefficient (Wildman–Crippen LogP) is 5.72. The van der Waals surface area contributed by atoms with E-state index in [4.69, 9.17) is 0 Å². The van der Waals surface area contributed by atoms with Crippen LogP contribution in [0.4, 0.5) is 8.78 Å². The number of nitriles is 1. The van der Waals surface area contributed by atoms with Crippen LogP contribution in [0.3, 0.4) is 0 Å². The number of nitrogens with zero attached hydrogens (tertiary/aromatic N) is 1. The number of allylic oxidation sites excluding steroid dienone is 3. The molecule has 2 aromatic carbocycles. The zero-order chi connectivity index (χ0) is 19.5. The smallest absolute Gasteiger partial charge is 0.270 e. The maximum Gasteiger partial charge on any atom is 0.270 e. The molecule has 0 amide bonds. The van der Waals surface area contributed by atoms with Gasteiger partial charge in [0.05, 0.1) is 0 Å². The van der Waals surface area contributed by atoms with Crippen LogP contribution in [0.25, 0.3) is 16.7 Å². The molecular formula is C22H22F2N2. The first-order valence-electron chi connectivity index (χ1n) is 8.27. The molecule has 0 radical (unpaired) electrons. The molecule has 0 fully saturated rings. The van der Waals surface area contributed by atoms with Crippen LogP contribution in [0, 0.1) is 25.2 Å². The lowest BCUT2D eigenvalue weighted by Gasteiger charge is -2.16. The standard InChI is InChI=1S/C22H22F2N2/c1-6-19(21(13-25)26-5)18-10-14(2)9-17(12-18)16-7-8-20(15(3)11-16)22(4,23)24/h6-12,26H,1H2,2-5H3/b21-19+. The first-order chi connectivity index (χ1) is 12.2. The molecule has 1 N–H and O–H groups in total. The Hall–Kier alpha value is -2.93. The molecule has 0 atom stereocenters. The average molecular weight is 352 g/mol. The van der Waals surface area contributed by atoms with E-state index < -0.39 is 5.92 Å². The molecule has 0 bridgehead atoms. The number of hydrogen-bond donors (Lipinski definition) is 1. The van der Waals surface area contributed by atoms with Crippen molar-refractivity contribution >= 4 is 5.57 Å². The summed E-state index contributed by atoms with van der Waals surface area (Å²) in [4.78, 5) is 0. The number of halogens is 2. The van der Waals surface area contributed by atoms with Crippen molar-refractivity contribution in [2.75, 3.05) is 7.05 Å². The summed E-state index contributed by atoms with van der Waals surface area (Å²) in [7, 11) is 1.69. The van der Waals surface area contributed by atoms with Gasteiger partial charge in [0.15, 0.2) is 0 Å². The molecule has 2 aromatic rings. The molecule has 26 heavy (non-hydrogen) atoms. The van der Waals surface area contributed by atoms with Crippen LogP contribution in [0.15, 0.2) is 54.8 Å². The van der Waals surface area contributed by atoms with Gasteiger partial charge in [-0.2, -0.15) is 5.26 Å². The van der Waals surface area contributed by atoms with Crippen LogP contribution >= 0.6 is 0 Å². The fourth-order valence-electron chi connectivity index (χ4n) is 3.06. The van der Waals surface area contributed by atoms with E-state index in [-0.39, 0.29) is 5.56 Å². The van der Waals surface area contributed by atoms with Gasteiger partial charge >= 0.3 is 0 Å². The van der Waals surface area contributed by atoms with Crippen molar-refractivity contribution in [2.45, 2.75) is 26.7 Å². The minimum atomic E-state index is -2.87. The Kier molecular flexibility index (Phi) is 5.62. The summed E-state index contributed by atoms with van der Waals surface area (Å²) in [6.07, 6.45) is 1.64. The van der Waals surface area contributed by atoms with Crippen LogP contribution in [-0.4, -0.2) is 7.05 Å². The van der Waals surface area contributed by atoms with E-state index in [1.807, 2.05) is 25.1 Å². The molecule has 0 aliphatic rings. The van der Waals surface area contributed by atoms with Crippen molar-refractivity contribution in [3.63, 3.8) is 0 Å². The van der Waals surface area contributed by atoms with E-state index in [1.54, 1.807) is 32.2 Å². The second-order valence-corrected chi connectivity index (χ2v) is 6.36. The van der Waals surface area contributed by atoms with Crippen molar-refractivity contribution in [2.24, 2.45) is 0 Å². The van der Waals surface area contributed by atoms with E-state index in [9.17, 15) is 14.0 Å². The number of aryl methyl sites for hydroxylation is 2. The highest BCUT2D eigenvalue weighted by Crippen LogP contribution is 2.33. The first kappa shape index (κ1) is 19.4. The molecule has 0 spiro atoms. The summed E-state index contributed by atoms with van der Waals surface area (Å²) in [6.45, 7) is 8.36. The molecule has 0 saturated carbocycles. The fourth-order valence-corrected chi connectivity index (χ4v) is 3.06. The van der Waals surface area contributed by atoms with Crippen LogP contribution in [0.5, 0.6) is 0 Å². The van der Waals surface area contributed by atoms with Crippen molar-refractivity contribution in [1.29, 1.82) is 5.26 Å². The largest absolute Gasteiger partial charge is 0.379 e. The van der Waals surface area contributed by atoms with Gasteiger partial charge in [-0.1, -0.05) is 43.0 Å². The van der Waals surface area contributed by atoms with Crippen LogP contribution < -0.4 is 5.32 Å². The van der Waals surface area contributed by atoms with Crippen LogP contribution in [0.1, 0.15) is 29.2 Å². The molecule has 2 rings (SSSR count). The number of nitrogens with one attached hydrogen (secondary N) is 1. The van der Waals surface area contributed by atoms with Crippen LogP contribution in [0.2, 0.25) is 0 Å². The lowest BCUT2D eigenvalue weighted by atomic mass is 9.93. The topological polar surface area (TPSA) is 35.8 Å². The SMILES string of the molecule is C=C/C(=C(/C#N)NC)c1cc(C)cc(-c2ccc(C(C)(F)F)c(C)c2)c1. The van der Waals surface area contributed by atoms with Gasteiger partial charge in [-0.3, -0.25) is 0 Å².